The molecule has 3 aromatic heterocycles. The molecule has 0 unspecified atom stereocenters. The highest BCUT2D eigenvalue weighted by atomic mass is 32.1. The second-order valence-electron chi connectivity index (χ2n) is 8.28. The standard InChI is InChI=1S/C26H24FN3O3S/c1-2-11-28-25(32)23-18-8-3-4-9-22(18)34-26(23)29-24(31)20-14-21-19(10-12-33-21)30(20)15-16-6-5-7-17(27)13-16/h2,5-7,10,12-14H,1,3-4,8-9,11,15H2,(H,28,32)(H,29,31). The minimum Gasteiger partial charge on any atom is -0.463 e. The fraction of sp³-hybridized carbons (Fsp3) is 0.231. The molecule has 174 valence electrons. The molecule has 0 atom stereocenters. The fourth-order valence-electron chi connectivity index (χ4n) is 4.47. The van der Waals surface area contributed by atoms with E-state index < -0.39 is 0 Å². The number of amides is 2. The molecule has 0 fully saturated rings. The summed E-state index contributed by atoms with van der Waals surface area (Å²) < 4.78 is 21.1. The first-order valence-corrected chi connectivity index (χ1v) is 12.0. The number of carbonyl (C=O) groups is 2. The van der Waals surface area contributed by atoms with E-state index in [1.54, 1.807) is 35.1 Å². The van der Waals surface area contributed by atoms with Crippen molar-refractivity contribution in [1.29, 1.82) is 0 Å². The number of carbonyl (C=O) groups excluding carboxylic acids is 2. The molecule has 5 rings (SSSR count). The van der Waals surface area contributed by atoms with E-state index >= 15 is 0 Å². The van der Waals surface area contributed by atoms with Crippen molar-refractivity contribution in [2.24, 2.45) is 0 Å². The maximum Gasteiger partial charge on any atom is 0.273 e. The number of rotatable bonds is 7. The molecule has 1 aliphatic rings. The number of aromatic nitrogens is 1. The molecule has 1 aliphatic carbocycles. The van der Waals surface area contributed by atoms with Gasteiger partial charge in [0.05, 0.1) is 17.3 Å². The Balaban J connectivity index is 1.50. The topological polar surface area (TPSA) is 76.3 Å². The SMILES string of the molecule is C=CCNC(=O)c1c(NC(=O)c2cc3occc3n2Cc2cccc(F)c2)sc2c1CCCC2. The summed E-state index contributed by atoms with van der Waals surface area (Å²) in [4.78, 5) is 27.6. The third-order valence-electron chi connectivity index (χ3n) is 6.02. The van der Waals surface area contributed by atoms with Gasteiger partial charge in [-0.25, -0.2) is 4.39 Å². The Morgan fingerprint density at radius 2 is 2.03 bits per heavy atom. The van der Waals surface area contributed by atoms with E-state index in [0.717, 1.165) is 47.2 Å². The van der Waals surface area contributed by atoms with Crippen molar-refractivity contribution < 1.29 is 18.4 Å². The van der Waals surface area contributed by atoms with Crippen LogP contribution >= 0.6 is 11.3 Å². The van der Waals surface area contributed by atoms with Crippen LogP contribution in [0.15, 0.2) is 59.7 Å². The minimum absolute atomic E-state index is 0.210. The van der Waals surface area contributed by atoms with E-state index in [4.69, 9.17) is 4.42 Å². The van der Waals surface area contributed by atoms with E-state index in [-0.39, 0.29) is 17.6 Å². The molecule has 0 aliphatic heterocycles. The van der Waals surface area contributed by atoms with Crippen molar-refractivity contribution in [2.75, 3.05) is 11.9 Å². The molecule has 1 aromatic carbocycles. The molecule has 8 heteroatoms. The van der Waals surface area contributed by atoms with Crippen LogP contribution in [-0.4, -0.2) is 22.9 Å². The van der Waals surface area contributed by atoms with Crippen molar-refractivity contribution >= 4 is 39.3 Å². The normalized spacial score (nSPS) is 13.0. The second-order valence-corrected chi connectivity index (χ2v) is 9.39. The van der Waals surface area contributed by atoms with Gasteiger partial charge in [0.25, 0.3) is 11.8 Å². The van der Waals surface area contributed by atoms with Gasteiger partial charge in [-0.05, 0) is 48.9 Å². The number of anilines is 1. The summed E-state index contributed by atoms with van der Waals surface area (Å²) in [6, 6.07) is 9.75. The number of thiophene rings is 1. The van der Waals surface area contributed by atoms with Crippen LogP contribution in [0.4, 0.5) is 9.39 Å². The van der Waals surface area contributed by atoms with E-state index in [1.807, 2.05) is 6.07 Å². The molecule has 0 saturated heterocycles. The Hall–Kier alpha value is -3.65. The zero-order valence-corrected chi connectivity index (χ0v) is 19.3. The number of furan rings is 1. The molecule has 3 heterocycles. The molecule has 2 N–H and O–H groups in total. The Labute approximate surface area is 200 Å². The van der Waals surface area contributed by atoms with Gasteiger partial charge in [-0.1, -0.05) is 18.2 Å². The largest absolute Gasteiger partial charge is 0.463 e. The van der Waals surface area contributed by atoms with E-state index in [1.165, 1.54) is 23.5 Å². The Morgan fingerprint density at radius 1 is 1.18 bits per heavy atom. The summed E-state index contributed by atoms with van der Waals surface area (Å²) in [5.41, 5.74) is 3.98. The molecule has 0 saturated carbocycles. The summed E-state index contributed by atoms with van der Waals surface area (Å²) in [7, 11) is 0. The summed E-state index contributed by atoms with van der Waals surface area (Å²) in [6.07, 6.45) is 7.00. The van der Waals surface area contributed by atoms with Gasteiger partial charge >= 0.3 is 0 Å². The molecular weight excluding hydrogens is 453 g/mol. The van der Waals surface area contributed by atoms with Gasteiger partial charge in [-0.15, -0.1) is 17.9 Å². The third kappa shape index (κ3) is 4.17. The first-order valence-electron chi connectivity index (χ1n) is 11.2. The van der Waals surface area contributed by atoms with Gasteiger partial charge in [0, 0.05) is 30.1 Å². The average molecular weight is 478 g/mol. The zero-order valence-electron chi connectivity index (χ0n) is 18.5. The fourth-order valence-corrected chi connectivity index (χ4v) is 5.75. The van der Waals surface area contributed by atoms with E-state index in [2.05, 4.69) is 17.2 Å². The molecular formula is C26H24FN3O3S. The molecule has 4 aromatic rings. The van der Waals surface area contributed by atoms with Gasteiger partial charge in [0.2, 0.25) is 0 Å². The smallest absolute Gasteiger partial charge is 0.273 e. The van der Waals surface area contributed by atoms with Gasteiger partial charge in [0.15, 0.2) is 5.58 Å². The van der Waals surface area contributed by atoms with Crippen LogP contribution in [0, 0.1) is 5.82 Å². The molecule has 0 radical (unpaired) electrons. The maximum atomic E-state index is 13.8. The van der Waals surface area contributed by atoms with Crippen molar-refractivity contribution in [3.8, 4) is 0 Å². The summed E-state index contributed by atoms with van der Waals surface area (Å²) in [5, 5.41) is 6.38. The quantitative estimate of drug-likeness (QED) is 0.344. The highest BCUT2D eigenvalue weighted by Gasteiger charge is 2.27. The van der Waals surface area contributed by atoms with Crippen LogP contribution < -0.4 is 10.6 Å². The molecule has 34 heavy (non-hydrogen) atoms. The first-order chi connectivity index (χ1) is 16.5. The number of nitrogens with one attached hydrogen (secondary N) is 2. The van der Waals surface area contributed by atoms with Gasteiger partial charge in [-0.3, -0.25) is 9.59 Å². The lowest BCUT2D eigenvalue weighted by Gasteiger charge is -2.13. The molecule has 6 nitrogen and oxygen atoms in total. The number of halogens is 1. The summed E-state index contributed by atoms with van der Waals surface area (Å²) in [6.45, 7) is 4.31. The predicted molar refractivity (Wildman–Crippen MR) is 131 cm³/mol. The lowest BCUT2D eigenvalue weighted by Crippen LogP contribution is -2.26. The Kier molecular flexibility index (Phi) is 6.06. The number of nitrogens with zero attached hydrogens (tertiary/aromatic N) is 1. The minimum atomic E-state index is -0.348. The van der Waals surface area contributed by atoms with Crippen LogP contribution in [0.2, 0.25) is 0 Å². The van der Waals surface area contributed by atoms with Crippen molar-refractivity contribution in [1.82, 2.24) is 9.88 Å². The highest BCUT2D eigenvalue weighted by Crippen LogP contribution is 2.38. The zero-order chi connectivity index (χ0) is 23.7. The third-order valence-corrected chi connectivity index (χ3v) is 7.22. The summed E-state index contributed by atoms with van der Waals surface area (Å²) in [5.74, 6) is -0.892. The Bertz CT molecular complexity index is 1400. The first kappa shape index (κ1) is 22.2. The number of benzene rings is 1. The predicted octanol–water partition coefficient (Wildman–Crippen LogP) is 5.53. The maximum absolute atomic E-state index is 13.8. The summed E-state index contributed by atoms with van der Waals surface area (Å²) >= 11 is 1.47. The molecule has 0 bridgehead atoms. The molecule has 2 amide bonds. The monoisotopic (exact) mass is 477 g/mol. The van der Waals surface area contributed by atoms with E-state index in [9.17, 15) is 14.0 Å². The van der Waals surface area contributed by atoms with Crippen molar-refractivity contribution in [3.05, 3.63) is 88.4 Å². The van der Waals surface area contributed by atoms with Crippen LogP contribution in [-0.2, 0) is 19.4 Å². The van der Waals surface area contributed by atoms with Crippen LogP contribution in [0.25, 0.3) is 11.1 Å². The Morgan fingerprint density at radius 3 is 2.85 bits per heavy atom. The van der Waals surface area contributed by atoms with E-state index in [0.29, 0.717) is 34.9 Å². The number of fused-ring (bicyclic) bond motifs is 2. The molecule has 0 spiro atoms. The lowest BCUT2D eigenvalue weighted by molar-refractivity contribution is 0.0958. The van der Waals surface area contributed by atoms with Gasteiger partial charge in [0.1, 0.15) is 16.5 Å². The van der Waals surface area contributed by atoms with Gasteiger partial charge < -0.3 is 19.6 Å². The van der Waals surface area contributed by atoms with Crippen LogP contribution in [0.1, 0.15) is 49.7 Å². The second kappa shape index (κ2) is 9.30. The number of aryl methyl sites for hydroxylation is 1. The van der Waals surface area contributed by atoms with Crippen molar-refractivity contribution in [2.45, 2.75) is 32.2 Å². The number of hydrogen-bond acceptors (Lipinski definition) is 4. The number of hydrogen-bond donors (Lipinski definition) is 2. The highest BCUT2D eigenvalue weighted by molar-refractivity contribution is 7.17. The van der Waals surface area contributed by atoms with Crippen LogP contribution in [0.5, 0.6) is 0 Å². The average Bonchev–Trinajstić information content (AvgIpc) is 3.51. The van der Waals surface area contributed by atoms with Crippen LogP contribution in [0.3, 0.4) is 0 Å². The van der Waals surface area contributed by atoms with Crippen molar-refractivity contribution in [3.63, 3.8) is 0 Å². The van der Waals surface area contributed by atoms with Gasteiger partial charge in [-0.2, -0.15) is 0 Å². The lowest BCUT2D eigenvalue weighted by atomic mass is 9.95.